The van der Waals surface area contributed by atoms with E-state index in [4.69, 9.17) is 0 Å². The number of hydrogen-bond donors (Lipinski definition) is 0. The Morgan fingerprint density at radius 2 is 1.13 bits per heavy atom. The van der Waals surface area contributed by atoms with Gasteiger partial charge in [0.05, 0.1) is 0 Å². The van der Waals surface area contributed by atoms with Gasteiger partial charge in [-0.25, -0.2) is 0 Å². The monoisotopic (exact) mass is 234 g/mol. The molecule has 0 aliphatic carbocycles. The summed E-state index contributed by atoms with van der Waals surface area (Å²) in [6.45, 7) is 5.23. The predicted molar refractivity (Wildman–Crippen MR) is 56.0 cm³/mol. The van der Waals surface area contributed by atoms with Gasteiger partial charge >= 0.3 is 76.8 Å². The van der Waals surface area contributed by atoms with E-state index in [9.17, 15) is 0 Å². The Bertz CT molecular complexity index is 844. The van der Waals surface area contributed by atoms with E-state index in [1.807, 2.05) is 0 Å². The van der Waals surface area contributed by atoms with Gasteiger partial charge in [0.25, 0.3) is 0 Å². The second-order valence-electron chi connectivity index (χ2n) is 13.9. The van der Waals surface area contributed by atoms with Gasteiger partial charge in [-0.05, 0) is 0 Å². The van der Waals surface area contributed by atoms with Crippen LogP contribution in [0.1, 0.15) is 26.7 Å². The SMILES string of the molecule is CC[C]12[CH]3[CH]4[CH]5[C]1(CC)[Ti]43521678[CH]2[CH]1[CH]6[CH]7[CH]28. The molecule has 1 spiro atoms. The van der Waals surface area contributed by atoms with E-state index in [0.717, 1.165) is 0 Å². The molecule has 0 N–H and O–H groups in total. The molecule has 0 nitrogen and oxygen atoms in total. The molecule has 0 aromatic rings. The first kappa shape index (κ1) is 5.57. The Kier molecular flexibility index (Phi) is 0.147. The summed E-state index contributed by atoms with van der Waals surface area (Å²) in [6.07, 6.45) is 3.36. The normalized spacial score (nSPS) is 139. The van der Waals surface area contributed by atoms with Gasteiger partial charge in [0, 0.05) is 0 Å². The molecule has 0 radical (unpaired) electrons. The third-order valence-corrected chi connectivity index (χ3v) is 85.2. The molecule has 0 bridgehead atoms. The van der Waals surface area contributed by atoms with E-state index in [-0.39, 0.29) is 0 Å². The van der Waals surface area contributed by atoms with Gasteiger partial charge in [-0.15, -0.1) is 0 Å². The zero-order chi connectivity index (χ0) is 9.35. The van der Waals surface area contributed by atoms with Gasteiger partial charge in [-0.2, -0.15) is 0 Å². The first-order valence-corrected chi connectivity index (χ1v) is 16.9. The Morgan fingerprint density at radius 3 is 1.27 bits per heavy atom. The van der Waals surface area contributed by atoms with Crippen LogP contribution in [-0.4, -0.2) is 0 Å². The van der Waals surface area contributed by atoms with Crippen LogP contribution in [0, 0.1) is 0 Å². The van der Waals surface area contributed by atoms with E-state index in [1.54, 1.807) is 46.6 Å². The molecular weight excluding hydrogens is 216 g/mol. The van der Waals surface area contributed by atoms with Crippen molar-refractivity contribution in [1.82, 2.24) is 0 Å². The molecule has 10 saturated heterocycles. The Balaban J connectivity index is 1.90. The van der Waals surface area contributed by atoms with Gasteiger partial charge in [0.2, 0.25) is 0 Å². The fraction of sp³-hybridized carbons (Fsp3) is 1.00. The average molecular weight is 234 g/mol. The number of hydrogen-bond acceptors (Lipinski definition) is 0. The van der Waals surface area contributed by atoms with Crippen LogP contribution < -0.4 is 0 Å². The van der Waals surface area contributed by atoms with Gasteiger partial charge < -0.3 is 0 Å². The molecule has 15 heavy (non-hydrogen) atoms. The second-order valence-corrected chi connectivity index (χ2v) is 47.0. The minimum atomic E-state index is -3.11. The van der Waals surface area contributed by atoms with E-state index < -0.39 is 8.89 Å². The predicted octanol–water partition coefficient (Wildman–Crippen LogP) is 4.94. The molecule has 4 unspecified atom stereocenters. The molecular formula is C14H18Ti. The fourth-order valence-electron chi connectivity index (χ4n) is 28.2. The summed E-state index contributed by atoms with van der Waals surface area (Å²) in [6, 6.07) is 0. The van der Waals surface area contributed by atoms with Crippen LogP contribution >= 0.6 is 0 Å². The Morgan fingerprint density at radius 1 is 0.733 bits per heavy atom. The summed E-state index contributed by atoms with van der Waals surface area (Å²) in [4.78, 5) is 0. The van der Waals surface area contributed by atoms with E-state index in [0.29, 0.717) is 0 Å². The third kappa shape index (κ3) is 0.0435. The summed E-state index contributed by atoms with van der Waals surface area (Å²) in [5, 5.41) is 0. The van der Waals surface area contributed by atoms with Crippen LogP contribution in [0.2, 0.25) is 41.2 Å². The molecule has 0 saturated carbocycles. The Labute approximate surface area is 76.7 Å². The summed E-state index contributed by atoms with van der Waals surface area (Å²) in [5.41, 5.74) is 0. The van der Waals surface area contributed by atoms with Crippen LogP contribution in [0.15, 0.2) is 0 Å². The average Bonchev–Trinajstić information content (AvgIpc) is 3.21. The summed E-state index contributed by atoms with van der Waals surface area (Å²) < 4.78 is 14.9. The summed E-state index contributed by atoms with van der Waals surface area (Å²) in [7, 11) is -3.11. The molecule has 10 heterocycles. The van der Waals surface area contributed by atoms with Crippen molar-refractivity contribution in [2.24, 2.45) is 0 Å². The van der Waals surface area contributed by atoms with Gasteiger partial charge in [0.15, 0.2) is 0 Å². The van der Waals surface area contributed by atoms with E-state index in [2.05, 4.69) is 13.8 Å². The molecule has 0 aromatic carbocycles. The van der Waals surface area contributed by atoms with Crippen LogP contribution in [0.5, 0.6) is 0 Å². The topological polar surface area (TPSA) is 0 Å². The number of fused-ring (bicyclic) bond motifs is 10. The molecule has 1 heteroatoms. The maximum atomic E-state index is 2.62. The van der Waals surface area contributed by atoms with E-state index >= 15 is 0 Å². The van der Waals surface area contributed by atoms with Crippen molar-refractivity contribution in [1.29, 1.82) is 0 Å². The van der Waals surface area contributed by atoms with Gasteiger partial charge in [-0.1, -0.05) is 0 Å². The van der Waals surface area contributed by atoms with E-state index in [1.165, 1.54) is 7.44 Å². The molecule has 0 amide bonds. The fourth-order valence-corrected chi connectivity index (χ4v) is 157. The minimum absolute atomic E-state index is 1.21. The maximum absolute atomic E-state index is 3.11. The van der Waals surface area contributed by atoms with Crippen molar-refractivity contribution in [3.8, 4) is 0 Å². The Hall–Kier alpha value is 0.714. The van der Waals surface area contributed by atoms with Crippen molar-refractivity contribution in [2.45, 2.75) is 67.9 Å². The first-order chi connectivity index (χ1) is 7.06. The molecule has 4 atom stereocenters. The standard InChI is InChI=1S/C9H13.C5H5.Ti/c1-3-8-6-5-7-9(8)4-2;1-2-4-5-3-1;/h5-7H,3-4H2,1-2H3;1-5H;. The van der Waals surface area contributed by atoms with Crippen molar-refractivity contribution >= 4 is 0 Å². The van der Waals surface area contributed by atoms with Gasteiger partial charge in [0.1, 0.15) is 0 Å². The molecule has 10 aliphatic heterocycles. The van der Waals surface area contributed by atoms with Crippen molar-refractivity contribution in [3.05, 3.63) is 0 Å². The quantitative estimate of drug-likeness (QED) is 0.594. The van der Waals surface area contributed by atoms with Crippen molar-refractivity contribution < 1.29 is 8.89 Å². The molecule has 10 rings (SSSR count). The first-order valence-electron chi connectivity index (χ1n) is 8.09. The van der Waals surface area contributed by atoms with Crippen LogP contribution in [-0.2, 0) is 8.89 Å². The second kappa shape index (κ2) is 0.395. The van der Waals surface area contributed by atoms with Crippen LogP contribution in [0.3, 0.4) is 0 Å². The molecule has 78 valence electrons. The summed E-state index contributed by atoms with van der Waals surface area (Å²) in [5.74, 6) is 0. The van der Waals surface area contributed by atoms with Crippen LogP contribution in [0.4, 0.5) is 0 Å². The molecule has 10 aliphatic rings. The van der Waals surface area contributed by atoms with Crippen molar-refractivity contribution in [2.75, 3.05) is 0 Å². The van der Waals surface area contributed by atoms with Crippen molar-refractivity contribution in [3.63, 3.8) is 0 Å². The zero-order valence-corrected chi connectivity index (χ0v) is 11.1. The number of rotatable bonds is 2. The van der Waals surface area contributed by atoms with Gasteiger partial charge in [-0.3, -0.25) is 0 Å². The molecule has 0 aromatic heterocycles. The third-order valence-electron chi connectivity index (χ3n) is 22.4. The zero-order valence-electron chi connectivity index (χ0n) is 9.53. The molecule has 10 fully saturated rings. The van der Waals surface area contributed by atoms with Crippen LogP contribution in [0.25, 0.3) is 0 Å². The summed E-state index contributed by atoms with van der Waals surface area (Å²) >= 11 is 0.